The average molecular weight is 826 g/mol. The van der Waals surface area contributed by atoms with Crippen molar-refractivity contribution in [1.82, 2.24) is 24.5 Å². The van der Waals surface area contributed by atoms with Crippen molar-refractivity contribution in [2.24, 2.45) is 0 Å². The molecule has 12 aromatic rings. The minimum atomic E-state index is 0.588. The summed E-state index contributed by atoms with van der Waals surface area (Å²) in [5.41, 5.74) is 12.5. The Morgan fingerprint density at radius 3 is 1.76 bits per heavy atom. The highest BCUT2D eigenvalue weighted by Gasteiger charge is 2.23. The maximum atomic E-state index is 5.47. The third kappa shape index (κ3) is 6.46. The highest BCUT2D eigenvalue weighted by Crippen LogP contribution is 2.41. The molecule has 0 N–H and O–H groups in total. The molecule has 0 unspecified atom stereocenters. The van der Waals surface area contributed by atoms with Crippen molar-refractivity contribution in [2.75, 3.05) is 0 Å². The van der Waals surface area contributed by atoms with Crippen LogP contribution in [0.25, 0.3) is 104 Å². The Kier molecular flexibility index (Phi) is 8.97. The molecular formula is C57H39N5S. The fraction of sp³-hybridized carbons (Fsp3) is 0.0526. The highest BCUT2D eigenvalue weighted by atomic mass is 32.1. The molecule has 0 saturated carbocycles. The standard InChI is InChI=1S/C57H39N5S/c1-36-14-2-5-19-41(36)44-34-35-47-45-22-8-10-26-51(45)62(53(47)46(44)33-30-37-28-31-40(32-29-37)56-58-50-25-9-11-27-52(50)63-56)57-60-54(48-23-12-17-38-15-3-6-20-42(38)48)59-55(61-57)49-24-13-18-39-16-4-7-21-43(39)49/h2-29,31-32,34-35H,30,33H2,1H3. The quantitative estimate of drug-likeness (QED) is 0.153. The number of nitrogens with zero attached hydrogens (tertiary/aromatic N) is 5. The molecule has 0 saturated heterocycles. The van der Waals surface area contributed by atoms with Gasteiger partial charge in [-0.1, -0.05) is 176 Å². The molecule has 0 atom stereocenters. The van der Waals surface area contributed by atoms with Crippen molar-refractivity contribution in [1.29, 1.82) is 0 Å². The molecule has 12 rings (SSSR count). The monoisotopic (exact) mass is 825 g/mol. The van der Waals surface area contributed by atoms with Gasteiger partial charge in [-0.2, -0.15) is 9.97 Å². The molecule has 3 aromatic heterocycles. The summed E-state index contributed by atoms with van der Waals surface area (Å²) in [5, 5.41) is 7.84. The number of benzene rings is 9. The average Bonchev–Trinajstić information content (AvgIpc) is 3.93. The number of aryl methyl sites for hydroxylation is 3. The second-order valence-corrected chi connectivity index (χ2v) is 17.2. The van der Waals surface area contributed by atoms with Crippen molar-refractivity contribution in [3.8, 4) is 50.4 Å². The Labute approximate surface area is 368 Å². The number of hydrogen-bond donors (Lipinski definition) is 0. The maximum Gasteiger partial charge on any atom is 0.238 e. The zero-order valence-corrected chi connectivity index (χ0v) is 35.4. The van der Waals surface area contributed by atoms with Crippen molar-refractivity contribution in [3.05, 3.63) is 211 Å². The number of thiazole rings is 1. The van der Waals surface area contributed by atoms with Crippen LogP contribution in [0.2, 0.25) is 0 Å². The van der Waals surface area contributed by atoms with Gasteiger partial charge >= 0.3 is 0 Å². The van der Waals surface area contributed by atoms with E-state index in [0.29, 0.717) is 17.6 Å². The van der Waals surface area contributed by atoms with Gasteiger partial charge in [0.2, 0.25) is 5.95 Å². The van der Waals surface area contributed by atoms with Crippen LogP contribution >= 0.6 is 11.3 Å². The van der Waals surface area contributed by atoms with Crippen molar-refractivity contribution in [2.45, 2.75) is 19.8 Å². The van der Waals surface area contributed by atoms with Gasteiger partial charge in [0.25, 0.3) is 0 Å². The lowest BCUT2D eigenvalue weighted by molar-refractivity contribution is 0.931. The van der Waals surface area contributed by atoms with Gasteiger partial charge in [-0.05, 0) is 87.3 Å². The first-order valence-corrected chi connectivity index (χ1v) is 22.2. The van der Waals surface area contributed by atoms with Crippen molar-refractivity contribution in [3.63, 3.8) is 0 Å². The third-order valence-electron chi connectivity index (χ3n) is 12.4. The molecule has 298 valence electrons. The second-order valence-electron chi connectivity index (χ2n) is 16.2. The lowest BCUT2D eigenvalue weighted by Crippen LogP contribution is -2.08. The molecule has 0 radical (unpaired) electrons. The summed E-state index contributed by atoms with van der Waals surface area (Å²) in [6.07, 6.45) is 1.65. The number of para-hydroxylation sites is 2. The summed E-state index contributed by atoms with van der Waals surface area (Å²) in [4.78, 5) is 21.2. The first-order valence-electron chi connectivity index (χ1n) is 21.4. The van der Waals surface area contributed by atoms with E-state index in [1.54, 1.807) is 11.3 Å². The van der Waals surface area contributed by atoms with Crippen LogP contribution in [-0.2, 0) is 12.8 Å². The number of hydrogen-bond acceptors (Lipinski definition) is 5. The second kappa shape index (κ2) is 15.3. The summed E-state index contributed by atoms with van der Waals surface area (Å²) in [6, 6.07) is 69.0. The summed E-state index contributed by atoms with van der Waals surface area (Å²) < 4.78 is 3.51. The smallest absolute Gasteiger partial charge is 0.238 e. The molecular weight excluding hydrogens is 787 g/mol. The topological polar surface area (TPSA) is 56.5 Å². The van der Waals surface area contributed by atoms with E-state index in [2.05, 4.69) is 206 Å². The van der Waals surface area contributed by atoms with Crippen LogP contribution in [0, 0.1) is 6.92 Å². The predicted molar refractivity (Wildman–Crippen MR) is 263 cm³/mol. The van der Waals surface area contributed by atoms with Gasteiger partial charge in [-0.3, -0.25) is 4.57 Å². The largest absolute Gasteiger partial charge is 0.277 e. The lowest BCUT2D eigenvalue weighted by atomic mass is 9.90. The van der Waals surface area contributed by atoms with E-state index < -0.39 is 0 Å². The van der Waals surface area contributed by atoms with Gasteiger partial charge in [-0.25, -0.2) is 9.97 Å². The van der Waals surface area contributed by atoms with Gasteiger partial charge < -0.3 is 0 Å². The molecule has 0 bridgehead atoms. The van der Waals surface area contributed by atoms with E-state index >= 15 is 0 Å². The van der Waals surface area contributed by atoms with Crippen LogP contribution in [0.4, 0.5) is 0 Å². The molecule has 0 fully saturated rings. The van der Waals surface area contributed by atoms with Gasteiger partial charge in [0.1, 0.15) is 5.01 Å². The Hall–Kier alpha value is -7.80. The van der Waals surface area contributed by atoms with Crippen LogP contribution in [0.15, 0.2) is 194 Å². The van der Waals surface area contributed by atoms with Crippen LogP contribution in [0.3, 0.4) is 0 Å². The molecule has 0 amide bonds. The SMILES string of the molecule is Cc1ccccc1-c1ccc2c3ccccc3n(-c3nc(-c4cccc5ccccc45)nc(-c4cccc5ccccc45)n3)c2c1CCc1ccc(-c2nc3ccccc3s2)cc1. The molecule has 0 aliphatic heterocycles. The minimum Gasteiger partial charge on any atom is -0.277 e. The van der Waals surface area contributed by atoms with Crippen LogP contribution < -0.4 is 0 Å². The Morgan fingerprint density at radius 2 is 1.05 bits per heavy atom. The van der Waals surface area contributed by atoms with Gasteiger partial charge in [-0.15, -0.1) is 11.3 Å². The van der Waals surface area contributed by atoms with E-state index in [0.717, 1.165) is 78.0 Å². The summed E-state index contributed by atoms with van der Waals surface area (Å²) in [7, 11) is 0. The first-order chi connectivity index (χ1) is 31.1. The molecule has 3 heterocycles. The van der Waals surface area contributed by atoms with Crippen molar-refractivity contribution >= 4 is 64.9 Å². The summed E-state index contributed by atoms with van der Waals surface area (Å²) >= 11 is 1.74. The fourth-order valence-electron chi connectivity index (χ4n) is 9.34. The Balaban J connectivity index is 1.09. The highest BCUT2D eigenvalue weighted by molar-refractivity contribution is 7.21. The lowest BCUT2D eigenvalue weighted by Gasteiger charge is -2.17. The molecule has 63 heavy (non-hydrogen) atoms. The van der Waals surface area contributed by atoms with Crippen molar-refractivity contribution < 1.29 is 0 Å². The van der Waals surface area contributed by atoms with Gasteiger partial charge in [0.15, 0.2) is 11.6 Å². The number of fused-ring (bicyclic) bond motifs is 6. The molecule has 0 aliphatic carbocycles. The number of aromatic nitrogens is 5. The normalized spacial score (nSPS) is 11.7. The van der Waals surface area contributed by atoms with E-state index in [4.69, 9.17) is 19.9 Å². The summed E-state index contributed by atoms with van der Waals surface area (Å²) in [6.45, 7) is 2.21. The first kappa shape index (κ1) is 37.0. The maximum absolute atomic E-state index is 5.47. The molecule has 0 aliphatic rings. The van der Waals surface area contributed by atoms with Gasteiger partial charge in [0, 0.05) is 27.5 Å². The zero-order chi connectivity index (χ0) is 41.9. The molecule has 9 aromatic carbocycles. The third-order valence-corrected chi connectivity index (χ3v) is 13.5. The minimum absolute atomic E-state index is 0.588. The summed E-state index contributed by atoms with van der Waals surface area (Å²) in [5.74, 6) is 1.86. The predicted octanol–water partition coefficient (Wildman–Crippen LogP) is 14.6. The fourth-order valence-corrected chi connectivity index (χ4v) is 10.3. The molecule has 5 nitrogen and oxygen atoms in total. The Morgan fingerprint density at radius 1 is 0.444 bits per heavy atom. The molecule has 0 spiro atoms. The molecule has 6 heteroatoms. The van der Waals surface area contributed by atoms with Crippen LogP contribution in [0.1, 0.15) is 16.7 Å². The van der Waals surface area contributed by atoms with E-state index in [1.807, 2.05) is 0 Å². The van der Waals surface area contributed by atoms with E-state index in [1.165, 1.54) is 37.9 Å². The van der Waals surface area contributed by atoms with E-state index in [-0.39, 0.29) is 0 Å². The van der Waals surface area contributed by atoms with Gasteiger partial charge in [0.05, 0.1) is 21.3 Å². The zero-order valence-electron chi connectivity index (χ0n) is 34.5. The van der Waals surface area contributed by atoms with Crippen LogP contribution in [0.5, 0.6) is 0 Å². The van der Waals surface area contributed by atoms with E-state index in [9.17, 15) is 0 Å². The van der Waals surface area contributed by atoms with Crippen LogP contribution in [-0.4, -0.2) is 24.5 Å². The Bertz CT molecular complexity index is 3570. The number of rotatable bonds is 8.